The maximum atomic E-state index is 3.83. The monoisotopic (exact) mass is 224 g/mol. The lowest BCUT2D eigenvalue weighted by atomic mass is 9.87. The lowest BCUT2D eigenvalue weighted by Crippen LogP contribution is -2.56. The lowest BCUT2D eigenvalue weighted by Gasteiger charge is -2.42. The lowest BCUT2D eigenvalue weighted by molar-refractivity contribution is 0.126. The molecule has 0 radical (unpaired) electrons. The number of nitrogens with one attached hydrogen (secondary N) is 1. The zero-order chi connectivity index (χ0) is 11.8. The molecule has 0 unspecified atom stereocenters. The van der Waals surface area contributed by atoms with Crippen molar-refractivity contribution in [2.45, 2.75) is 83.0 Å². The molecule has 2 fully saturated rings. The van der Waals surface area contributed by atoms with Crippen molar-refractivity contribution in [1.82, 2.24) is 10.2 Å². The summed E-state index contributed by atoms with van der Waals surface area (Å²) in [5.74, 6) is 0. The van der Waals surface area contributed by atoms with Crippen LogP contribution in [0.1, 0.15) is 59.3 Å². The summed E-state index contributed by atoms with van der Waals surface area (Å²) in [7, 11) is 2.34. The van der Waals surface area contributed by atoms with Gasteiger partial charge in [0, 0.05) is 23.7 Å². The van der Waals surface area contributed by atoms with Crippen LogP contribution in [0.25, 0.3) is 0 Å². The number of nitrogens with zero attached hydrogens (tertiary/aromatic N) is 1. The summed E-state index contributed by atoms with van der Waals surface area (Å²) in [6, 6.07) is 2.38. The fourth-order valence-electron chi connectivity index (χ4n) is 3.08. The smallest absolute Gasteiger partial charge is 0.0249 e. The van der Waals surface area contributed by atoms with E-state index >= 15 is 0 Å². The molecule has 2 aliphatic rings. The first kappa shape index (κ1) is 12.4. The zero-order valence-corrected chi connectivity index (χ0v) is 11.4. The van der Waals surface area contributed by atoms with Crippen LogP contribution in [0, 0.1) is 0 Å². The van der Waals surface area contributed by atoms with Gasteiger partial charge in [-0.05, 0) is 53.5 Å². The fourth-order valence-corrected chi connectivity index (χ4v) is 3.08. The maximum Gasteiger partial charge on any atom is 0.0249 e. The summed E-state index contributed by atoms with van der Waals surface area (Å²) < 4.78 is 0. The summed E-state index contributed by atoms with van der Waals surface area (Å²) >= 11 is 0. The minimum absolute atomic E-state index is 0.255. The molecular weight excluding hydrogens is 196 g/mol. The van der Waals surface area contributed by atoms with E-state index in [1.807, 2.05) is 0 Å². The number of rotatable bonds is 3. The van der Waals surface area contributed by atoms with Gasteiger partial charge in [-0.3, -0.25) is 4.90 Å². The van der Waals surface area contributed by atoms with E-state index in [9.17, 15) is 0 Å². The van der Waals surface area contributed by atoms with Crippen LogP contribution >= 0.6 is 0 Å². The van der Waals surface area contributed by atoms with E-state index in [4.69, 9.17) is 0 Å². The summed E-state index contributed by atoms with van der Waals surface area (Å²) in [6.07, 6.45) is 8.43. The van der Waals surface area contributed by atoms with E-state index < -0.39 is 0 Å². The summed E-state index contributed by atoms with van der Waals surface area (Å²) in [6.45, 7) is 6.86. The van der Waals surface area contributed by atoms with Crippen molar-refractivity contribution in [3.05, 3.63) is 0 Å². The first-order chi connectivity index (χ1) is 7.47. The zero-order valence-electron chi connectivity index (χ0n) is 11.4. The van der Waals surface area contributed by atoms with Crippen LogP contribution in [-0.2, 0) is 0 Å². The third kappa shape index (κ3) is 3.21. The van der Waals surface area contributed by atoms with Gasteiger partial charge in [0.1, 0.15) is 0 Å². The highest BCUT2D eigenvalue weighted by Crippen LogP contribution is 2.32. The molecule has 0 aromatic heterocycles. The summed E-state index contributed by atoms with van der Waals surface area (Å²) in [4.78, 5) is 2.66. The predicted molar refractivity (Wildman–Crippen MR) is 69.7 cm³/mol. The average Bonchev–Trinajstić information content (AvgIpc) is 2.98. The summed E-state index contributed by atoms with van der Waals surface area (Å²) in [5.41, 5.74) is 0.255. The highest BCUT2D eigenvalue weighted by Gasteiger charge is 2.37. The van der Waals surface area contributed by atoms with Gasteiger partial charge in [-0.25, -0.2) is 0 Å². The average molecular weight is 224 g/mol. The van der Waals surface area contributed by atoms with Crippen LogP contribution in [0.4, 0.5) is 0 Å². The SMILES string of the molecule is CN(C1CC1)[C@H]1CCCC[C@@H]1NC(C)(C)C. The number of hydrogen-bond acceptors (Lipinski definition) is 2. The van der Waals surface area contributed by atoms with Crippen LogP contribution in [0.5, 0.6) is 0 Å². The Morgan fingerprint density at radius 1 is 1.00 bits per heavy atom. The molecule has 0 aromatic carbocycles. The third-order valence-electron chi connectivity index (χ3n) is 3.99. The predicted octanol–water partition coefficient (Wildman–Crippen LogP) is 2.78. The Bertz CT molecular complexity index is 227. The molecule has 2 rings (SSSR count). The van der Waals surface area contributed by atoms with Crippen molar-refractivity contribution in [2.75, 3.05) is 7.05 Å². The maximum absolute atomic E-state index is 3.83. The molecule has 0 spiro atoms. The number of hydrogen-bond donors (Lipinski definition) is 1. The van der Waals surface area contributed by atoms with Gasteiger partial charge >= 0.3 is 0 Å². The van der Waals surface area contributed by atoms with Crippen molar-refractivity contribution >= 4 is 0 Å². The van der Waals surface area contributed by atoms with Gasteiger partial charge in [0.2, 0.25) is 0 Å². The molecule has 2 heteroatoms. The standard InChI is InChI=1S/C14H28N2/c1-14(2,3)15-12-7-5-6-8-13(12)16(4)11-9-10-11/h11-13,15H,5-10H2,1-4H3/t12-,13-/m0/s1. The first-order valence-electron chi connectivity index (χ1n) is 6.97. The minimum Gasteiger partial charge on any atom is -0.308 e. The largest absolute Gasteiger partial charge is 0.308 e. The summed E-state index contributed by atoms with van der Waals surface area (Å²) in [5, 5.41) is 3.83. The van der Waals surface area contributed by atoms with Crippen LogP contribution in [-0.4, -0.2) is 35.6 Å². The minimum atomic E-state index is 0.255. The van der Waals surface area contributed by atoms with Gasteiger partial charge in [-0.1, -0.05) is 12.8 Å². The van der Waals surface area contributed by atoms with Crippen LogP contribution in [0.2, 0.25) is 0 Å². The topological polar surface area (TPSA) is 15.3 Å². The van der Waals surface area contributed by atoms with Gasteiger partial charge in [-0.2, -0.15) is 0 Å². The second-order valence-electron chi connectivity index (χ2n) is 6.75. The third-order valence-corrected chi connectivity index (χ3v) is 3.99. The highest BCUT2D eigenvalue weighted by atomic mass is 15.2. The second kappa shape index (κ2) is 4.66. The van der Waals surface area contributed by atoms with Crippen molar-refractivity contribution < 1.29 is 0 Å². The molecule has 0 saturated heterocycles. The Balaban J connectivity index is 1.95. The molecule has 0 bridgehead atoms. The molecule has 0 heterocycles. The normalized spacial score (nSPS) is 32.1. The molecule has 94 valence electrons. The van der Waals surface area contributed by atoms with E-state index in [2.05, 4.69) is 38.0 Å². The van der Waals surface area contributed by atoms with Gasteiger partial charge in [0.25, 0.3) is 0 Å². The van der Waals surface area contributed by atoms with Crippen LogP contribution in [0.3, 0.4) is 0 Å². The van der Waals surface area contributed by atoms with Crippen molar-refractivity contribution in [1.29, 1.82) is 0 Å². The Labute approximate surface area is 101 Å². The van der Waals surface area contributed by atoms with Crippen molar-refractivity contribution in [3.8, 4) is 0 Å². The van der Waals surface area contributed by atoms with E-state index in [1.54, 1.807) is 0 Å². The molecule has 2 atom stereocenters. The first-order valence-corrected chi connectivity index (χ1v) is 6.97. The van der Waals surface area contributed by atoms with E-state index in [-0.39, 0.29) is 5.54 Å². The van der Waals surface area contributed by atoms with Crippen molar-refractivity contribution in [2.24, 2.45) is 0 Å². The van der Waals surface area contributed by atoms with Crippen molar-refractivity contribution in [3.63, 3.8) is 0 Å². The Hall–Kier alpha value is -0.0800. The molecule has 0 amide bonds. The fraction of sp³-hybridized carbons (Fsp3) is 1.00. The second-order valence-corrected chi connectivity index (χ2v) is 6.75. The van der Waals surface area contributed by atoms with Gasteiger partial charge in [0.05, 0.1) is 0 Å². The van der Waals surface area contributed by atoms with Crippen LogP contribution < -0.4 is 5.32 Å². The Kier molecular flexibility index (Phi) is 3.60. The molecule has 1 N–H and O–H groups in total. The van der Waals surface area contributed by atoms with E-state index in [0.29, 0.717) is 6.04 Å². The molecule has 0 aromatic rings. The van der Waals surface area contributed by atoms with Gasteiger partial charge < -0.3 is 5.32 Å². The molecular formula is C14H28N2. The Morgan fingerprint density at radius 3 is 2.19 bits per heavy atom. The quantitative estimate of drug-likeness (QED) is 0.793. The number of likely N-dealkylation sites (N-methyl/N-ethyl adjacent to an activating group) is 1. The molecule has 2 nitrogen and oxygen atoms in total. The van der Waals surface area contributed by atoms with Gasteiger partial charge in [-0.15, -0.1) is 0 Å². The molecule has 0 aliphatic heterocycles. The van der Waals surface area contributed by atoms with E-state index in [0.717, 1.165) is 12.1 Å². The highest BCUT2D eigenvalue weighted by molar-refractivity contribution is 4.95. The van der Waals surface area contributed by atoms with Gasteiger partial charge in [0.15, 0.2) is 0 Å². The molecule has 2 saturated carbocycles. The Morgan fingerprint density at radius 2 is 1.62 bits per heavy atom. The molecule has 2 aliphatic carbocycles. The molecule has 16 heavy (non-hydrogen) atoms. The van der Waals surface area contributed by atoms with Crippen LogP contribution in [0.15, 0.2) is 0 Å². The van der Waals surface area contributed by atoms with E-state index in [1.165, 1.54) is 38.5 Å².